The molecule has 4 heteroatoms. The van der Waals surface area contributed by atoms with Crippen LogP contribution in [0.2, 0.25) is 0 Å². The van der Waals surface area contributed by atoms with Crippen molar-refractivity contribution < 1.29 is 9.53 Å². The van der Waals surface area contributed by atoms with Crippen LogP contribution in [0.5, 0.6) is 0 Å². The summed E-state index contributed by atoms with van der Waals surface area (Å²) in [5.41, 5.74) is 0. The van der Waals surface area contributed by atoms with Crippen LogP contribution in [0.3, 0.4) is 0 Å². The highest BCUT2D eigenvalue weighted by Crippen LogP contribution is 2.31. The zero-order valence-electron chi connectivity index (χ0n) is 11.1. The van der Waals surface area contributed by atoms with Crippen LogP contribution in [0.1, 0.15) is 32.1 Å². The number of carbonyl (C=O) groups is 1. The van der Waals surface area contributed by atoms with Gasteiger partial charge in [0.15, 0.2) is 0 Å². The SMILES string of the molecule is O=C([C@@H]1CCCNC1)N(CC1CCOC1)C1CC1. The van der Waals surface area contributed by atoms with Gasteiger partial charge in [0.05, 0.1) is 12.5 Å². The third-order valence-electron chi connectivity index (χ3n) is 4.40. The van der Waals surface area contributed by atoms with Crippen LogP contribution in [-0.2, 0) is 9.53 Å². The average molecular weight is 252 g/mol. The van der Waals surface area contributed by atoms with Crippen LogP contribution in [-0.4, -0.2) is 49.7 Å². The van der Waals surface area contributed by atoms with Crippen molar-refractivity contribution in [2.24, 2.45) is 11.8 Å². The normalized spacial score (nSPS) is 32.4. The molecule has 2 saturated heterocycles. The molecular formula is C14H24N2O2. The number of ether oxygens (including phenoxy) is 1. The van der Waals surface area contributed by atoms with E-state index in [1.807, 2.05) is 0 Å². The van der Waals surface area contributed by atoms with Gasteiger partial charge < -0.3 is 15.0 Å². The second kappa shape index (κ2) is 5.57. The molecule has 3 aliphatic rings. The van der Waals surface area contributed by atoms with Gasteiger partial charge in [-0.1, -0.05) is 0 Å². The predicted octanol–water partition coefficient (Wildman–Crippen LogP) is 1.01. The lowest BCUT2D eigenvalue weighted by Crippen LogP contribution is -2.45. The number of nitrogens with one attached hydrogen (secondary N) is 1. The fraction of sp³-hybridized carbons (Fsp3) is 0.929. The van der Waals surface area contributed by atoms with Crippen LogP contribution in [0.15, 0.2) is 0 Å². The Bertz CT molecular complexity index is 292. The molecule has 2 atom stereocenters. The summed E-state index contributed by atoms with van der Waals surface area (Å²) in [6, 6.07) is 0.542. The summed E-state index contributed by atoms with van der Waals surface area (Å²) in [4.78, 5) is 14.8. The number of carbonyl (C=O) groups excluding carboxylic acids is 1. The molecule has 0 aromatic carbocycles. The molecule has 2 heterocycles. The monoisotopic (exact) mass is 252 g/mol. The van der Waals surface area contributed by atoms with Crippen molar-refractivity contribution in [2.45, 2.75) is 38.1 Å². The third kappa shape index (κ3) is 2.86. The fourth-order valence-electron chi connectivity index (χ4n) is 3.11. The van der Waals surface area contributed by atoms with Gasteiger partial charge in [0, 0.05) is 31.7 Å². The van der Waals surface area contributed by atoms with Gasteiger partial charge in [0.25, 0.3) is 0 Å². The first kappa shape index (κ1) is 12.4. The summed E-state index contributed by atoms with van der Waals surface area (Å²) in [5.74, 6) is 1.20. The second-order valence-electron chi connectivity index (χ2n) is 5.99. The molecule has 18 heavy (non-hydrogen) atoms. The van der Waals surface area contributed by atoms with Gasteiger partial charge >= 0.3 is 0 Å². The summed E-state index contributed by atoms with van der Waals surface area (Å²) in [7, 11) is 0. The maximum atomic E-state index is 12.6. The Kier molecular flexibility index (Phi) is 3.85. The van der Waals surface area contributed by atoms with Crippen LogP contribution in [0, 0.1) is 11.8 Å². The van der Waals surface area contributed by atoms with E-state index in [-0.39, 0.29) is 5.92 Å². The van der Waals surface area contributed by atoms with Crippen LogP contribution in [0.25, 0.3) is 0 Å². The summed E-state index contributed by atoms with van der Waals surface area (Å²) in [6.07, 6.45) is 5.75. The van der Waals surface area contributed by atoms with E-state index in [4.69, 9.17) is 4.74 Å². The Morgan fingerprint density at radius 2 is 2.17 bits per heavy atom. The van der Waals surface area contributed by atoms with E-state index in [0.717, 1.165) is 52.1 Å². The van der Waals surface area contributed by atoms with E-state index < -0.39 is 0 Å². The summed E-state index contributed by atoms with van der Waals surface area (Å²) < 4.78 is 5.43. The molecule has 3 fully saturated rings. The molecule has 102 valence electrons. The quantitative estimate of drug-likeness (QED) is 0.812. The van der Waals surface area contributed by atoms with Crippen molar-refractivity contribution in [3.05, 3.63) is 0 Å². The molecular weight excluding hydrogens is 228 g/mol. The number of piperidine rings is 1. The van der Waals surface area contributed by atoms with E-state index in [1.165, 1.54) is 12.8 Å². The zero-order valence-corrected chi connectivity index (χ0v) is 11.1. The summed E-state index contributed by atoms with van der Waals surface area (Å²) in [6.45, 7) is 4.61. The van der Waals surface area contributed by atoms with Crippen molar-refractivity contribution in [3.8, 4) is 0 Å². The molecule has 1 N–H and O–H groups in total. The van der Waals surface area contributed by atoms with Gasteiger partial charge in [0.1, 0.15) is 0 Å². The van der Waals surface area contributed by atoms with Crippen molar-refractivity contribution in [2.75, 3.05) is 32.8 Å². The summed E-state index contributed by atoms with van der Waals surface area (Å²) in [5, 5.41) is 3.35. The number of hydrogen-bond donors (Lipinski definition) is 1. The van der Waals surface area contributed by atoms with Gasteiger partial charge in [-0.3, -0.25) is 4.79 Å². The minimum Gasteiger partial charge on any atom is -0.381 e. The van der Waals surface area contributed by atoms with Crippen molar-refractivity contribution >= 4 is 5.91 Å². The number of amides is 1. The van der Waals surface area contributed by atoms with Crippen LogP contribution < -0.4 is 5.32 Å². The Hall–Kier alpha value is -0.610. The smallest absolute Gasteiger partial charge is 0.227 e. The molecule has 0 aromatic rings. The molecule has 1 amide bonds. The van der Waals surface area contributed by atoms with Gasteiger partial charge in [-0.2, -0.15) is 0 Å². The maximum Gasteiger partial charge on any atom is 0.227 e. The molecule has 4 nitrogen and oxygen atoms in total. The summed E-state index contributed by atoms with van der Waals surface area (Å²) >= 11 is 0. The Morgan fingerprint density at radius 3 is 2.78 bits per heavy atom. The van der Waals surface area contributed by atoms with Crippen molar-refractivity contribution in [3.63, 3.8) is 0 Å². The number of nitrogens with zero attached hydrogens (tertiary/aromatic N) is 1. The fourth-order valence-corrected chi connectivity index (χ4v) is 3.11. The predicted molar refractivity (Wildman–Crippen MR) is 69.3 cm³/mol. The molecule has 1 aliphatic carbocycles. The topological polar surface area (TPSA) is 41.6 Å². The average Bonchev–Trinajstić information content (AvgIpc) is 3.13. The molecule has 0 spiro atoms. The Balaban J connectivity index is 1.59. The van der Waals surface area contributed by atoms with E-state index in [1.54, 1.807) is 0 Å². The molecule has 3 rings (SSSR count). The number of rotatable bonds is 4. The second-order valence-corrected chi connectivity index (χ2v) is 5.99. The first-order valence-electron chi connectivity index (χ1n) is 7.43. The minimum absolute atomic E-state index is 0.224. The highest BCUT2D eigenvalue weighted by Gasteiger charge is 2.37. The van der Waals surface area contributed by atoms with Crippen molar-refractivity contribution in [1.82, 2.24) is 10.2 Å². The Labute approximate surface area is 109 Å². The molecule has 2 aliphatic heterocycles. The maximum absolute atomic E-state index is 12.6. The molecule has 1 saturated carbocycles. The lowest BCUT2D eigenvalue weighted by atomic mass is 9.97. The molecule has 0 aromatic heterocycles. The number of hydrogen-bond acceptors (Lipinski definition) is 3. The van der Waals surface area contributed by atoms with Crippen LogP contribution >= 0.6 is 0 Å². The minimum atomic E-state index is 0.224. The first-order valence-corrected chi connectivity index (χ1v) is 7.43. The van der Waals surface area contributed by atoms with Gasteiger partial charge in [-0.05, 0) is 38.6 Å². The van der Waals surface area contributed by atoms with Crippen molar-refractivity contribution in [1.29, 1.82) is 0 Å². The third-order valence-corrected chi connectivity index (χ3v) is 4.40. The lowest BCUT2D eigenvalue weighted by molar-refractivity contribution is -0.137. The largest absolute Gasteiger partial charge is 0.381 e. The molecule has 0 radical (unpaired) electrons. The highest BCUT2D eigenvalue weighted by molar-refractivity contribution is 5.79. The Morgan fingerprint density at radius 1 is 1.28 bits per heavy atom. The van der Waals surface area contributed by atoms with E-state index in [0.29, 0.717) is 17.9 Å². The van der Waals surface area contributed by atoms with Gasteiger partial charge in [0.2, 0.25) is 5.91 Å². The molecule has 1 unspecified atom stereocenters. The molecule has 0 bridgehead atoms. The lowest BCUT2D eigenvalue weighted by Gasteiger charge is -2.31. The van der Waals surface area contributed by atoms with E-state index in [9.17, 15) is 4.79 Å². The van der Waals surface area contributed by atoms with E-state index in [2.05, 4.69) is 10.2 Å². The zero-order chi connectivity index (χ0) is 12.4. The highest BCUT2D eigenvalue weighted by atomic mass is 16.5. The van der Waals surface area contributed by atoms with E-state index >= 15 is 0 Å². The standard InChI is InChI=1S/C14H24N2O2/c17-14(12-2-1-6-15-8-12)16(13-3-4-13)9-11-5-7-18-10-11/h11-13,15H,1-10H2/t11?,12-/m1/s1. The van der Waals surface area contributed by atoms with Gasteiger partial charge in [-0.15, -0.1) is 0 Å². The van der Waals surface area contributed by atoms with Crippen LogP contribution in [0.4, 0.5) is 0 Å². The first-order chi connectivity index (χ1) is 8.84. The van der Waals surface area contributed by atoms with Gasteiger partial charge in [-0.25, -0.2) is 0 Å².